The first-order valence-electron chi connectivity index (χ1n) is 7.72. The molecule has 0 radical (unpaired) electrons. The fraction of sp³-hybridized carbons (Fsp3) is 0.278. The third kappa shape index (κ3) is 5.92. The van der Waals surface area contributed by atoms with Crippen molar-refractivity contribution in [1.82, 2.24) is 0 Å². The Kier molecular flexibility index (Phi) is 8.64. The summed E-state index contributed by atoms with van der Waals surface area (Å²) >= 11 is 8.87. The number of hydrogen-bond acceptors (Lipinski definition) is 6. The number of thioether (sulfide) groups is 2. The zero-order chi connectivity index (χ0) is 18.1. The van der Waals surface area contributed by atoms with Crippen LogP contribution in [0.4, 0.5) is 0 Å². The van der Waals surface area contributed by atoms with Crippen LogP contribution in [-0.2, 0) is 24.8 Å². The van der Waals surface area contributed by atoms with Crippen molar-refractivity contribution >= 4 is 53.3 Å². The first kappa shape index (κ1) is 20.6. The van der Waals surface area contributed by atoms with Crippen molar-refractivity contribution in [3.8, 4) is 0 Å². The lowest BCUT2D eigenvalue weighted by Gasteiger charge is -2.24. The summed E-state index contributed by atoms with van der Waals surface area (Å²) in [5.41, 5.74) is 2.50. The number of rotatable bonds is 8. The Morgan fingerprint density at radius 3 is 1.76 bits per heavy atom. The van der Waals surface area contributed by atoms with Crippen molar-refractivity contribution in [2.24, 2.45) is 0 Å². The van der Waals surface area contributed by atoms with Crippen molar-refractivity contribution in [3.63, 3.8) is 0 Å². The number of hydrogen-bond donors (Lipinski definition) is 0. The van der Waals surface area contributed by atoms with Crippen molar-refractivity contribution in [3.05, 3.63) is 65.7 Å². The minimum Gasteiger partial charge on any atom is -0.373 e. The maximum atomic E-state index is 5.50. The third-order valence-corrected chi connectivity index (χ3v) is 9.16. The van der Waals surface area contributed by atoms with Gasteiger partial charge in [-0.2, -0.15) is 0 Å². The van der Waals surface area contributed by atoms with E-state index in [9.17, 15) is 0 Å². The quantitative estimate of drug-likeness (QED) is 0.478. The highest BCUT2D eigenvalue weighted by atomic mass is 32.2. The summed E-state index contributed by atoms with van der Waals surface area (Å²) in [6, 6.07) is 18.6. The van der Waals surface area contributed by atoms with Crippen LogP contribution < -0.4 is 5.19 Å². The zero-order valence-electron chi connectivity index (χ0n) is 14.6. The Hall–Kier alpha value is -0.673. The molecule has 0 bridgehead atoms. The highest BCUT2D eigenvalue weighted by Gasteiger charge is 2.40. The summed E-state index contributed by atoms with van der Waals surface area (Å²) in [5.74, 6) is 1.76. The van der Waals surface area contributed by atoms with E-state index in [1.165, 1.54) is 11.1 Å². The average Bonchev–Trinajstić information content (AvgIpc) is 2.68. The molecule has 0 N–H and O–H groups in total. The van der Waals surface area contributed by atoms with E-state index in [0.717, 1.165) is 20.2 Å². The molecule has 2 aromatic rings. The molecule has 0 atom stereocenters. The molecule has 0 heterocycles. The van der Waals surface area contributed by atoms with E-state index < -0.39 is 8.80 Å². The van der Waals surface area contributed by atoms with Crippen LogP contribution >= 0.6 is 35.7 Å². The summed E-state index contributed by atoms with van der Waals surface area (Å²) in [7, 11) is 2.10. The van der Waals surface area contributed by atoms with Gasteiger partial charge in [0.05, 0.1) is 0 Å². The van der Waals surface area contributed by atoms with Crippen LogP contribution in [0, 0.1) is 0 Å². The fourth-order valence-corrected chi connectivity index (χ4v) is 6.09. The van der Waals surface area contributed by atoms with Crippen molar-refractivity contribution in [2.75, 3.05) is 21.3 Å². The van der Waals surface area contributed by atoms with Crippen LogP contribution in [0.25, 0.3) is 0 Å². The third-order valence-electron chi connectivity index (χ3n) is 3.67. The van der Waals surface area contributed by atoms with E-state index in [1.807, 2.05) is 18.2 Å². The Balaban J connectivity index is 1.86. The van der Waals surface area contributed by atoms with Crippen molar-refractivity contribution in [2.45, 2.75) is 11.5 Å². The monoisotopic (exact) mass is 410 g/mol. The molecule has 3 nitrogen and oxygen atoms in total. The molecule has 134 valence electrons. The maximum Gasteiger partial charge on any atom is 0.536 e. The minimum absolute atomic E-state index is 0.850. The topological polar surface area (TPSA) is 27.7 Å². The molecule has 0 aliphatic rings. The predicted octanol–water partition coefficient (Wildman–Crippen LogP) is 4.22. The van der Waals surface area contributed by atoms with E-state index in [1.54, 1.807) is 44.9 Å². The normalized spacial score (nSPS) is 11.5. The lowest BCUT2D eigenvalue weighted by Crippen LogP contribution is -2.54. The summed E-state index contributed by atoms with van der Waals surface area (Å²) < 4.78 is 17.5. The van der Waals surface area contributed by atoms with Gasteiger partial charge < -0.3 is 13.3 Å². The molecular formula is C18H22O3S3Si. The number of benzene rings is 2. The Bertz CT molecular complexity index is 653. The van der Waals surface area contributed by atoms with Crippen LogP contribution in [0.2, 0.25) is 0 Å². The summed E-state index contributed by atoms with van der Waals surface area (Å²) in [5, 5.41) is 0.953. The van der Waals surface area contributed by atoms with Crippen molar-refractivity contribution in [1.29, 1.82) is 0 Å². The van der Waals surface area contributed by atoms with Gasteiger partial charge in [-0.1, -0.05) is 66.8 Å². The summed E-state index contributed by atoms with van der Waals surface area (Å²) in [6.45, 7) is 0. The van der Waals surface area contributed by atoms with Crippen LogP contribution in [-0.4, -0.2) is 33.7 Å². The van der Waals surface area contributed by atoms with E-state index in [-0.39, 0.29) is 0 Å². The zero-order valence-corrected chi connectivity index (χ0v) is 18.0. The van der Waals surface area contributed by atoms with Crippen LogP contribution in [0.1, 0.15) is 11.1 Å². The molecule has 0 saturated carbocycles. The standard InChI is InChI=1S/C18H22O3S3Si/c1-19-25(20-2,21-3)17-11-9-16(10-12-17)14-24-18(22)23-13-15-7-5-4-6-8-15/h4-12H,13-14H2,1-3H3. The molecule has 7 heteroatoms. The van der Waals surface area contributed by atoms with Crippen LogP contribution in [0.15, 0.2) is 54.6 Å². The molecule has 0 aliphatic heterocycles. The second-order valence-electron chi connectivity index (χ2n) is 5.18. The van der Waals surface area contributed by atoms with E-state index in [0.29, 0.717) is 0 Å². The first-order chi connectivity index (χ1) is 12.1. The van der Waals surface area contributed by atoms with Gasteiger partial charge in [-0.15, -0.1) is 23.5 Å². The largest absolute Gasteiger partial charge is 0.536 e. The highest BCUT2D eigenvalue weighted by molar-refractivity contribution is 8.46. The van der Waals surface area contributed by atoms with E-state index >= 15 is 0 Å². The first-order valence-corrected chi connectivity index (χ1v) is 11.8. The van der Waals surface area contributed by atoms with Gasteiger partial charge in [-0.3, -0.25) is 0 Å². The molecule has 0 spiro atoms. The minimum atomic E-state index is -2.75. The number of thiocarbonyl (C=S) groups is 1. The van der Waals surface area contributed by atoms with Gasteiger partial charge in [0.2, 0.25) is 0 Å². The van der Waals surface area contributed by atoms with E-state index in [2.05, 4.69) is 36.4 Å². The molecule has 25 heavy (non-hydrogen) atoms. The Labute approximate surface area is 164 Å². The molecular weight excluding hydrogens is 388 g/mol. The Morgan fingerprint density at radius 2 is 1.28 bits per heavy atom. The van der Waals surface area contributed by atoms with Crippen LogP contribution in [0.5, 0.6) is 0 Å². The average molecular weight is 411 g/mol. The second-order valence-corrected chi connectivity index (χ2v) is 11.2. The van der Waals surface area contributed by atoms with Gasteiger partial charge in [-0.25, -0.2) is 0 Å². The van der Waals surface area contributed by atoms with Gasteiger partial charge in [0.15, 0.2) is 0 Å². The lowest BCUT2D eigenvalue weighted by atomic mass is 10.2. The molecule has 2 rings (SSSR count). The molecule has 0 amide bonds. The summed E-state index contributed by atoms with van der Waals surface area (Å²) in [4.78, 5) is 0. The van der Waals surface area contributed by atoms with Gasteiger partial charge in [0, 0.05) is 38.0 Å². The SMILES string of the molecule is CO[Si](OC)(OC)c1ccc(CSC(=S)SCc2ccccc2)cc1. The Morgan fingerprint density at radius 1 is 0.800 bits per heavy atom. The van der Waals surface area contributed by atoms with Gasteiger partial charge >= 0.3 is 8.80 Å². The highest BCUT2D eigenvalue weighted by Crippen LogP contribution is 2.24. The molecule has 0 unspecified atom stereocenters. The molecule has 2 aromatic carbocycles. The summed E-state index contributed by atoms with van der Waals surface area (Å²) in [6.07, 6.45) is 0. The van der Waals surface area contributed by atoms with Crippen LogP contribution in [0.3, 0.4) is 0 Å². The van der Waals surface area contributed by atoms with Gasteiger partial charge in [0.1, 0.15) is 3.53 Å². The smallest absolute Gasteiger partial charge is 0.373 e. The lowest BCUT2D eigenvalue weighted by molar-refractivity contribution is 0.140. The second kappa shape index (κ2) is 10.5. The fourth-order valence-electron chi connectivity index (χ4n) is 2.31. The predicted molar refractivity (Wildman–Crippen MR) is 114 cm³/mol. The van der Waals surface area contributed by atoms with Gasteiger partial charge in [-0.05, 0) is 11.1 Å². The molecule has 0 aromatic heterocycles. The molecule has 0 fully saturated rings. The van der Waals surface area contributed by atoms with E-state index in [4.69, 9.17) is 25.5 Å². The maximum absolute atomic E-state index is 5.50. The van der Waals surface area contributed by atoms with Gasteiger partial charge in [0.25, 0.3) is 0 Å². The molecule has 0 saturated heterocycles. The molecule has 0 aliphatic carbocycles. The van der Waals surface area contributed by atoms with Crippen molar-refractivity contribution < 1.29 is 13.3 Å².